The van der Waals surface area contributed by atoms with Crippen molar-refractivity contribution in [2.24, 2.45) is 5.92 Å². The Labute approximate surface area is 120 Å². The molecule has 0 bridgehead atoms. The lowest BCUT2D eigenvalue weighted by Crippen LogP contribution is -2.25. The molecule has 20 heavy (non-hydrogen) atoms. The van der Waals surface area contributed by atoms with E-state index >= 15 is 0 Å². The molecule has 0 atom stereocenters. The Morgan fingerprint density at radius 2 is 2.05 bits per heavy atom. The second-order valence-electron chi connectivity index (χ2n) is 5.13. The lowest BCUT2D eigenvalue weighted by molar-refractivity contribution is -0.120. The van der Waals surface area contributed by atoms with Gasteiger partial charge < -0.3 is 14.8 Å². The molecule has 0 aliphatic heterocycles. The third-order valence-electron chi connectivity index (χ3n) is 3.44. The maximum Gasteiger partial charge on any atom is 0.220 e. The number of rotatable bonds is 8. The van der Waals surface area contributed by atoms with Crippen LogP contribution in [0.15, 0.2) is 18.2 Å². The first-order valence-corrected chi connectivity index (χ1v) is 7.02. The first kappa shape index (κ1) is 14.7. The highest BCUT2D eigenvalue weighted by Gasteiger charge is 2.21. The van der Waals surface area contributed by atoms with Crippen molar-refractivity contribution < 1.29 is 14.3 Å². The van der Waals surface area contributed by atoms with E-state index in [1.165, 1.54) is 12.8 Å². The fourth-order valence-electron chi connectivity index (χ4n) is 2.03. The Hall–Kier alpha value is -1.71. The summed E-state index contributed by atoms with van der Waals surface area (Å²) in [5, 5.41) is 2.96. The van der Waals surface area contributed by atoms with Gasteiger partial charge in [-0.15, -0.1) is 0 Å². The molecule has 0 unspecified atom stereocenters. The minimum absolute atomic E-state index is 0.109. The zero-order valence-electron chi connectivity index (χ0n) is 12.1. The van der Waals surface area contributed by atoms with Gasteiger partial charge in [-0.05, 0) is 49.3 Å². The second-order valence-corrected chi connectivity index (χ2v) is 5.13. The van der Waals surface area contributed by atoms with E-state index in [2.05, 4.69) is 5.32 Å². The predicted molar refractivity (Wildman–Crippen MR) is 77.9 cm³/mol. The van der Waals surface area contributed by atoms with Crippen molar-refractivity contribution in [3.63, 3.8) is 0 Å². The Balaban J connectivity index is 1.73. The molecule has 1 N–H and O–H groups in total. The van der Waals surface area contributed by atoms with E-state index in [1.54, 1.807) is 14.2 Å². The van der Waals surface area contributed by atoms with Crippen LogP contribution in [0.5, 0.6) is 11.5 Å². The molecule has 1 radical (unpaired) electrons. The Bertz CT molecular complexity index is 455. The molecule has 1 fully saturated rings. The molecule has 1 amide bonds. The fourth-order valence-corrected chi connectivity index (χ4v) is 2.03. The zero-order valence-corrected chi connectivity index (χ0v) is 12.1. The van der Waals surface area contributed by atoms with Crippen LogP contribution in [0, 0.1) is 12.3 Å². The smallest absolute Gasteiger partial charge is 0.220 e. The molecule has 1 aromatic carbocycles. The van der Waals surface area contributed by atoms with Crippen LogP contribution < -0.4 is 14.8 Å². The van der Waals surface area contributed by atoms with E-state index in [4.69, 9.17) is 9.47 Å². The van der Waals surface area contributed by atoms with E-state index in [1.807, 2.05) is 24.6 Å². The second kappa shape index (κ2) is 7.17. The largest absolute Gasteiger partial charge is 0.493 e. The third kappa shape index (κ3) is 4.44. The fraction of sp³-hybridized carbons (Fsp3) is 0.500. The molecule has 2 rings (SSSR count). The van der Waals surface area contributed by atoms with Gasteiger partial charge >= 0.3 is 0 Å². The van der Waals surface area contributed by atoms with Crippen molar-refractivity contribution in [1.29, 1.82) is 0 Å². The summed E-state index contributed by atoms with van der Waals surface area (Å²) < 4.78 is 10.5. The first-order valence-electron chi connectivity index (χ1n) is 7.02. The topological polar surface area (TPSA) is 47.6 Å². The van der Waals surface area contributed by atoms with Crippen LogP contribution in [0.4, 0.5) is 0 Å². The average molecular weight is 276 g/mol. The lowest BCUT2D eigenvalue weighted by atomic mass is 10.1. The van der Waals surface area contributed by atoms with Crippen LogP contribution in [0.25, 0.3) is 0 Å². The van der Waals surface area contributed by atoms with E-state index in [9.17, 15) is 4.79 Å². The molecule has 4 nitrogen and oxygen atoms in total. The molecule has 4 heteroatoms. The molecule has 1 aromatic rings. The number of carbonyl (C=O) groups excluding carboxylic acids is 1. The number of methoxy groups -OCH3 is 2. The number of amides is 1. The van der Waals surface area contributed by atoms with Crippen molar-refractivity contribution in [1.82, 2.24) is 5.32 Å². The Morgan fingerprint density at radius 3 is 2.70 bits per heavy atom. The van der Waals surface area contributed by atoms with Gasteiger partial charge in [0.1, 0.15) is 0 Å². The van der Waals surface area contributed by atoms with Crippen molar-refractivity contribution >= 4 is 5.91 Å². The van der Waals surface area contributed by atoms with Gasteiger partial charge in [0.25, 0.3) is 0 Å². The van der Waals surface area contributed by atoms with E-state index < -0.39 is 0 Å². The van der Waals surface area contributed by atoms with Crippen LogP contribution in [0.1, 0.15) is 24.8 Å². The molecule has 1 aliphatic carbocycles. The maximum atomic E-state index is 11.6. The summed E-state index contributed by atoms with van der Waals surface area (Å²) >= 11 is 0. The zero-order chi connectivity index (χ0) is 14.4. The molecule has 1 aliphatic rings. The molecule has 0 saturated heterocycles. The number of benzene rings is 1. The normalized spacial score (nSPS) is 13.9. The predicted octanol–water partition coefficient (Wildman–Crippen LogP) is 2.37. The molecule has 0 heterocycles. The van der Waals surface area contributed by atoms with Crippen LogP contribution in [-0.2, 0) is 11.2 Å². The van der Waals surface area contributed by atoms with Crippen molar-refractivity contribution in [3.8, 4) is 11.5 Å². The molecule has 109 valence electrons. The summed E-state index contributed by atoms with van der Waals surface area (Å²) in [6.45, 7) is 0.836. The van der Waals surface area contributed by atoms with Gasteiger partial charge in [0.15, 0.2) is 11.5 Å². The van der Waals surface area contributed by atoms with Crippen LogP contribution in [-0.4, -0.2) is 26.7 Å². The highest BCUT2D eigenvalue weighted by atomic mass is 16.5. The molecular weight excluding hydrogens is 254 g/mol. The van der Waals surface area contributed by atoms with Crippen molar-refractivity contribution in [3.05, 3.63) is 30.2 Å². The quantitative estimate of drug-likeness (QED) is 0.793. The minimum atomic E-state index is 0.109. The van der Waals surface area contributed by atoms with Gasteiger partial charge in [0.05, 0.1) is 14.2 Å². The number of carbonyl (C=O) groups is 1. The molecular formula is C16H22NO3. The molecule has 1 saturated carbocycles. The summed E-state index contributed by atoms with van der Waals surface area (Å²) in [7, 11) is 3.24. The van der Waals surface area contributed by atoms with Gasteiger partial charge in [-0.2, -0.15) is 0 Å². The standard InChI is InChI=1S/C16H22NO3/c1-19-14-9-8-12(10-15(14)20-2)4-3-5-16(18)17-11-13-6-7-13/h3,8-10,13H,4-7,11H2,1-2H3,(H,17,18). The van der Waals surface area contributed by atoms with Gasteiger partial charge in [0.2, 0.25) is 5.91 Å². The summed E-state index contributed by atoms with van der Waals surface area (Å²) in [5.74, 6) is 2.28. The van der Waals surface area contributed by atoms with Crippen molar-refractivity contribution in [2.45, 2.75) is 25.7 Å². The number of nitrogens with one attached hydrogen (secondary N) is 1. The monoisotopic (exact) mass is 276 g/mol. The van der Waals surface area contributed by atoms with Gasteiger partial charge in [0, 0.05) is 13.0 Å². The number of hydrogen-bond donors (Lipinski definition) is 1. The summed E-state index contributed by atoms with van der Waals surface area (Å²) in [4.78, 5) is 11.6. The minimum Gasteiger partial charge on any atom is -0.493 e. The molecule has 0 aromatic heterocycles. The average Bonchev–Trinajstić information content (AvgIpc) is 3.29. The van der Waals surface area contributed by atoms with Gasteiger partial charge in [-0.25, -0.2) is 0 Å². The van der Waals surface area contributed by atoms with Crippen LogP contribution >= 0.6 is 0 Å². The summed E-state index contributed by atoms with van der Waals surface area (Å²) in [6.07, 6.45) is 5.72. The Kier molecular flexibility index (Phi) is 5.27. The number of hydrogen-bond acceptors (Lipinski definition) is 3. The van der Waals surface area contributed by atoms with Gasteiger partial charge in [-0.1, -0.05) is 6.07 Å². The Morgan fingerprint density at radius 1 is 1.30 bits per heavy atom. The van der Waals surface area contributed by atoms with E-state index in [0.29, 0.717) is 6.42 Å². The summed E-state index contributed by atoms with van der Waals surface area (Å²) in [5.41, 5.74) is 1.11. The molecule has 0 spiro atoms. The lowest BCUT2D eigenvalue weighted by Gasteiger charge is -2.09. The highest BCUT2D eigenvalue weighted by molar-refractivity contribution is 5.77. The highest BCUT2D eigenvalue weighted by Crippen LogP contribution is 2.28. The first-order chi connectivity index (χ1) is 9.72. The third-order valence-corrected chi connectivity index (χ3v) is 3.44. The SMILES string of the molecule is COc1ccc(C[CH]CC(=O)NCC2CC2)cc1OC. The van der Waals surface area contributed by atoms with Crippen molar-refractivity contribution in [2.75, 3.05) is 20.8 Å². The summed E-state index contributed by atoms with van der Waals surface area (Å²) in [6, 6.07) is 5.81. The van der Waals surface area contributed by atoms with Crippen LogP contribution in [0.2, 0.25) is 0 Å². The van der Waals surface area contributed by atoms with Crippen LogP contribution in [0.3, 0.4) is 0 Å². The number of ether oxygens (including phenoxy) is 2. The van der Waals surface area contributed by atoms with Gasteiger partial charge in [-0.3, -0.25) is 4.79 Å². The van der Waals surface area contributed by atoms with E-state index in [-0.39, 0.29) is 5.91 Å². The maximum absolute atomic E-state index is 11.6. The van der Waals surface area contributed by atoms with E-state index in [0.717, 1.165) is 35.9 Å².